The van der Waals surface area contributed by atoms with Crippen LogP contribution in [-0.4, -0.2) is 26.9 Å². The van der Waals surface area contributed by atoms with E-state index in [2.05, 4.69) is 15.3 Å². The van der Waals surface area contributed by atoms with E-state index in [1.54, 1.807) is 31.4 Å². The van der Waals surface area contributed by atoms with Crippen LogP contribution >= 0.6 is 69.6 Å². The van der Waals surface area contributed by atoms with Crippen molar-refractivity contribution in [1.82, 2.24) is 5.32 Å². The molecule has 0 aliphatic carbocycles. The van der Waals surface area contributed by atoms with Crippen molar-refractivity contribution in [2.75, 3.05) is 7.11 Å². The van der Waals surface area contributed by atoms with Gasteiger partial charge in [-0.15, -0.1) is 0 Å². The van der Waals surface area contributed by atoms with Gasteiger partial charge in [-0.05, 0) is 12.1 Å². The van der Waals surface area contributed by atoms with Gasteiger partial charge in [0.15, 0.2) is 5.84 Å². The number of ether oxygens (including phenoxy) is 1. The van der Waals surface area contributed by atoms with Crippen molar-refractivity contribution in [2.24, 2.45) is 9.98 Å². The highest BCUT2D eigenvalue weighted by Crippen LogP contribution is 2.48. The Morgan fingerprint density at radius 1 is 1.05 bits per heavy atom. The molecule has 0 amide bonds. The van der Waals surface area contributed by atoms with E-state index < -0.39 is 13.2 Å². The van der Waals surface area contributed by atoms with Gasteiger partial charge in [0.1, 0.15) is 5.75 Å². The van der Waals surface area contributed by atoms with Gasteiger partial charge < -0.3 is 10.1 Å². The van der Waals surface area contributed by atoms with Crippen molar-refractivity contribution in [3.8, 4) is 5.75 Å². The second-order valence-corrected chi connectivity index (χ2v) is 8.83. The predicted octanol–water partition coefficient (Wildman–Crippen LogP) is 4.62. The number of amidine groups is 1. The molecule has 4 nitrogen and oxygen atoms in total. The van der Waals surface area contributed by atoms with Crippen molar-refractivity contribution in [2.45, 2.75) is 13.2 Å². The minimum atomic E-state index is -1.88. The van der Waals surface area contributed by atoms with Crippen LogP contribution in [0.3, 0.4) is 0 Å². The first kappa shape index (κ1) is 18.2. The van der Waals surface area contributed by atoms with Crippen LogP contribution in [-0.2, 0) is 5.66 Å². The number of alkyl halides is 6. The molecule has 1 heterocycles. The number of hydrogen-bond donors (Lipinski definition) is 1. The van der Waals surface area contributed by atoms with Crippen LogP contribution < -0.4 is 10.1 Å². The van der Waals surface area contributed by atoms with Crippen molar-refractivity contribution in [1.29, 1.82) is 0 Å². The third-order valence-electron chi connectivity index (χ3n) is 2.91. The van der Waals surface area contributed by atoms with Crippen LogP contribution in [0.15, 0.2) is 34.3 Å². The summed E-state index contributed by atoms with van der Waals surface area (Å²) in [4.78, 5) is 8.14. The quantitative estimate of drug-likeness (QED) is 0.705. The van der Waals surface area contributed by atoms with Crippen LogP contribution in [0.4, 0.5) is 0 Å². The molecule has 10 heteroatoms. The van der Waals surface area contributed by atoms with Crippen LogP contribution in [0.25, 0.3) is 0 Å². The van der Waals surface area contributed by atoms with Gasteiger partial charge in [0, 0.05) is 5.56 Å². The number of halogens is 6. The third-order valence-corrected chi connectivity index (χ3v) is 4.23. The van der Waals surface area contributed by atoms with Crippen LogP contribution in [0.1, 0.15) is 5.56 Å². The van der Waals surface area contributed by atoms with Gasteiger partial charge in [-0.1, -0.05) is 81.7 Å². The molecule has 2 rings (SSSR count). The summed E-state index contributed by atoms with van der Waals surface area (Å²) in [6.07, 6.45) is 1.27. The Bertz CT molecular complexity index is 605. The molecular weight excluding hydrogens is 415 g/mol. The van der Waals surface area contributed by atoms with E-state index in [9.17, 15) is 0 Å². The summed E-state index contributed by atoms with van der Waals surface area (Å²) in [5, 5.41) is 2.84. The second kappa shape index (κ2) is 6.42. The van der Waals surface area contributed by atoms with E-state index in [-0.39, 0.29) is 5.84 Å². The largest absolute Gasteiger partial charge is 0.497 e. The molecule has 0 aromatic heterocycles. The number of nitrogens with one attached hydrogen (secondary N) is 1. The number of aliphatic imine (C=N–C) groups is 2. The highest BCUT2D eigenvalue weighted by atomic mass is 35.6. The lowest BCUT2D eigenvalue weighted by Crippen LogP contribution is -2.53. The summed E-state index contributed by atoms with van der Waals surface area (Å²) in [5.74, 6) is 0.539. The number of hydrogen-bond acceptors (Lipinski definition) is 4. The van der Waals surface area contributed by atoms with Gasteiger partial charge in [0.05, 0.1) is 13.4 Å². The minimum Gasteiger partial charge on any atom is -0.497 e. The lowest BCUT2D eigenvalue weighted by Gasteiger charge is -2.39. The van der Waals surface area contributed by atoms with Crippen molar-refractivity contribution >= 4 is 81.8 Å². The molecule has 0 bridgehead atoms. The molecule has 120 valence electrons. The van der Waals surface area contributed by atoms with Crippen molar-refractivity contribution in [3.05, 3.63) is 29.8 Å². The molecule has 0 saturated heterocycles. The average molecular weight is 424 g/mol. The van der Waals surface area contributed by atoms with Gasteiger partial charge in [-0.3, -0.25) is 0 Å². The summed E-state index contributed by atoms with van der Waals surface area (Å²) < 4.78 is 1.37. The van der Waals surface area contributed by atoms with E-state index in [1.165, 1.54) is 6.34 Å². The first-order chi connectivity index (χ1) is 10.1. The standard InChI is InChI=1S/C12H9Cl6N3O/c1-22-8-4-2-7(3-5-8)10(12(16,17)18)20-6-19-9(21-10)11(13,14)15/h2-6H,1H3,(H,19,20,21). The van der Waals surface area contributed by atoms with E-state index in [4.69, 9.17) is 74.3 Å². The highest BCUT2D eigenvalue weighted by Gasteiger charge is 2.52. The van der Waals surface area contributed by atoms with Gasteiger partial charge >= 0.3 is 0 Å². The molecule has 1 aromatic carbocycles. The predicted molar refractivity (Wildman–Crippen MR) is 94.3 cm³/mol. The van der Waals surface area contributed by atoms with E-state index in [0.29, 0.717) is 11.3 Å². The van der Waals surface area contributed by atoms with E-state index in [1.807, 2.05) is 0 Å². The Balaban J connectivity index is 2.59. The first-order valence-corrected chi connectivity index (χ1v) is 8.05. The van der Waals surface area contributed by atoms with Gasteiger partial charge in [-0.2, -0.15) is 0 Å². The second-order valence-electron chi connectivity index (χ2n) is 4.27. The summed E-state index contributed by atoms with van der Waals surface area (Å²) in [6, 6.07) is 6.77. The Morgan fingerprint density at radius 3 is 2.09 bits per heavy atom. The molecule has 1 N–H and O–H groups in total. The van der Waals surface area contributed by atoms with E-state index >= 15 is 0 Å². The number of nitrogens with zero attached hydrogens (tertiary/aromatic N) is 2. The summed E-state index contributed by atoms with van der Waals surface area (Å²) in [7, 11) is 1.55. The molecule has 1 aliphatic heterocycles. The lowest BCUT2D eigenvalue weighted by atomic mass is 10.0. The maximum atomic E-state index is 6.13. The lowest BCUT2D eigenvalue weighted by molar-refractivity contribution is 0.407. The maximum Gasteiger partial charge on any atom is 0.249 e. The number of rotatable bonds is 2. The molecule has 1 aromatic rings. The van der Waals surface area contributed by atoms with Gasteiger partial charge in [0.25, 0.3) is 0 Å². The summed E-state index contributed by atoms with van der Waals surface area (Å²) >= 11 is 35.9. The van der Waals surface area contributed by atoms with Crippen molar-refractivity contribution in [3.63, 3.8) is 0 Å². The van der Waals surface area contributed by atoms with Gasteiger partial charge in [0.2, 0.25) is 13.2 Å². The smallest absolute Gasteiger partial charge is 0.249 e. The third kappa shape index (κ3) is 3.53. The SMILES string of the molecule is COc1ccc(C2(C(Cl)(Cl)Cl)N=C(C(Cl)(Cl)Cl)N=CN2)cc1. The van der Waals surface area contributed by atoms with Gasteiger partial charge in [-0.25, -0.2) is 9.98 Å². The fourth-order valence-electron chi connectivity index (χ4n) is 1.83. The maximum absolute atomic E-state index is 6.13. The highest BCUT2D eigenvalue weighted by molar-refractivity contribution is 6.77. The Morgan fingerprint density at radius 2 is 1.64 bits per heavy atom. The van der Waals surface area contributed by atoms with Crippen LogP contribution in [0.5, 0.6) is 5.75 Å². The summed E-state index contributed by atoms with van der Waals surface area (Å²) in [6.45, 7) is 0. The first-order valence-electron chi connectivity index (χ1n) is 5.79. The van der Waals surface area contributed by atoms with Crippen LogP contribution in [0, 0.1) is 0 Å². The molecule has 0 saturated carbocycles. The average Bonchev–Trinajstić information content (AvgIpc) is 2.45. The molecule has 1 aliphatic rings. The fraction of sp³-hybridized carbons (Fsp3) is 0.333. The molecule has 0 spiro atoms. The monoisotopic (exact) mass is 421 g/mol. The minimum absolute atomic E-state index is 0.0987. The summed E-state index contributed by atoms with van der Waals surface area (Å²) in [5.41, 5.74) is -0.962. The topological polar surface area (TPSA) is 46.0 Å². The molecule has 1 atom stereocenters. The zero-order chi connectivity index (χ0) is 16.6. The normalized spacial score (nSPS) is 22.0. The Labute approximate surface area is 157 Å². The number of methoxy groups -OCH3 is 1. The zero-order valence-corrected chi connectivity index (χ0v) is 15.5. The molecular formula is C12H9Cl6N3O. The molecule has 1 unspecified atom stereocenters. The van der Waals surface area contributed by atoms with Crippen LogP contribution in [0.2, 0.25) is 0 Å². The van der Waals surface area contributed by atoms with Crippen molar-refractivity contribution < 1.29 is 4.74 Å². The number of benzene rings is 1. The molecule has 0 radical (unpaired) electrons. The van der Waals surface area contributed by atoms with E-state index in [0.717, 1.165) is 0 Å². The Hall–Kier alpha value is -0.100. The fourth-order valence-corrected chi connectivity index (χ4v) is 2.72. The Kier molecular flexibility index (Phi) is 5.32. The molecule has 22 heavy (non-hydrogen) atoms. The molecule has 0 fully saturated rings. The zero-order valence-electron chi connectivity index (χ0n) is 11.0.